The van der Waals surface area contributed by atoms with Crippen LogP contribution in [0.3, 0.4) is 0 Å². The molecular formula is C7H9BrN4O. The van der Waals surface area contributed by atoms with Gasteiger partial charge in [-0.15, -0.1) is 0 Å². The highest BCUT2D eigenvalue weighted by Crippen LogP contribution is 2.27. The Balaban J connectivity index is 2.87. The zero-order chi connectivity index (χ0) is 9.68. The van der Waals surface area contributed by atoms with E-state index in [1.807, 2.05) is 0 Å². The maximum atomic E-state index is 5.22. The zero-order valence-corrected chi connectivity index (χ0v) is 8.41. The summed E-state index contributed by atoms with van der Waals surface area (Å²) in [4.78, 5) is 7.77. The molecule has 0 unspecified atom stereocenters. The van der Waals surface area contributed by atoms with Gasteiger partial charge < -0.3 is 10.2 Å². The van der Waals surface area contributed by atoms with Crippen molar-refractivity contribution in [2.75, 3.05) is 12.0 Å². The molecule has 6 heteroatoms. The second-order valence-corrected chi connectivity index (χ2v) is 2.88. The number of nitrogens with zero attached hydrogens (tertiary/aromatic N) is 2. The number of anilines is 1. The first-order valence-electron chi connectivity index (χ1n) is 3.50. The fourth-order valence-electron chi connectivity index (χ4n) is 0.693. The molecule has 0 aliphatic carbocycles. The van der Waals surface area contributed by atoms with E-state index in [0.29, 0.717) is 22.8 Å². The predicted molar refractivity (Wildman–Crippen MR) is 53.2 cm³/mol. The Kier molecular flexibility index (Phi) is 3.66. The number of nitrogens with one attached hydrogen (secondary N) is 1. The molecule has 0 saturated heterocycles. The van der Waals surface area contributed by atoms with Gasteiger partial charge in [0.05, 0.1) is 0 Å². The Bertz CT molecular complexity index is 305. The molecular weight excluding hydrogens is 236 g/mol. The van der Waals surface area contributed by atoms with E-state index >= 15 is 0 Å². The van der Waals surface area contributed by atoms with E-state index in [1.165, 1.54) is 6.33 Å². The molecule has 3 N–H and O–H groups in total. The van der Waals surface area contributed by atoms with Crippen LogP contribution in [0, 0.1) is 0 Å². The van der Waals surface area contributed by atoms with Crippen molar-refractivity contribution >= 4 is 21.7 Å². The first-order valence-corrected chi connectivity index (χ1v) is 4.29. The second-order valence-electron chi connectivity index (χ2n) is 2.09. The van der Waals surface area contributed by atoms with E-state index in [-0.39, 0.29) is 0 Å². The molecule has 0 bridgehead atoms. The highest BCUT2D eigenvalue weighted by Gasteiger charge is 2.07. The molecule has 0 saturated carbocycles. The Hall–Kier alpha value is -1.14. The van der Waals surface area contributed by atoms with Gasteiger partial charge in [0.15, 0.2) is 5.82 Å². The number of ether oxygens (including phenoxy) is 1. The normalized spacial score (nSPS) is 9.38. The molecule has 0 aliphatic heterocycles. The van der Waals surface area contributed by atoms with Crippen molar-refractivity contribution in [1.82, 2.24) is 9.97 Å². The Morgan fingerprint density at radius 2 is 2.46 bits per heavy atom. The molecule has 0 aromatic carbocycles. The van der Waals surface area contributed by atoms with Gasteiger partial charge in [-0.05, 0) is 15.9 Å². The van der Waals surface area contributed by atoms with Crippen LogP contribution in [0.1, 0.15) is 0 Å². The molecule has 13 heavy (non-hydrogen) atoms. The summed E-state index contributed by atoms with van der Waals surface area (Å²) < 4.78 is 5.81. The zero-order valence-electron chi connectivity index (χ0n) is 6.83. The summed E-state index contributed by atoms with van der Waals surface area (Å²) in [5, 5.41) is 0. The number of nitrogen functional groups attached to an aromatic ring is 1. The highest BCUT2D eigenvalue weighted by atomic mass is 79.9. The first kappa shape index (κ1) is 9.94. The number of rotatable bonds is 4. The van der Waals surface area contributed by atoms with Gasteiger partial charge in [0.2, 0.25) is 5.88 Å². The van der Waals surface area contributed by atoms with Crippen LogP contribution in [-0.4, -0.2) is 16.6 Å². The van der Waals surface area contributed by atoms with E-state index in [2.05, 4.69) is 37.9 Å². The van der Waals surface area contributed by atoms with Crippen molar-refractivity contribution in [3.8, 4) is 5.88 Å². The van der Waals surface area contributed by atoms with Gasteiger partial charge in [-0.1, -0.05) is 12.7 Å². The average Bonchev–Trinajstić information content (AvgIpc) is 2.16. The van der Waals surface area contributed by atoms with Crippen molar-refractivity contribution in [3.63, 3.8) is 0 Å². The molecule has 0 aliphatic rings. The van der Waals surface area contributed by atoms with Gasteiger partial charge in [0.25, 0.3) is 0 Å². The molecule has 1 rings (SSSR count). The Morgan fingerprint density at radius 3 is 3.08 bits per heavy atom. The molecule has 0 fully saturated rings. The highest BCUT2D eigenvalue weighted by molar-refractivity contribution is 9.10. The van der Waals surface area contributed by atoms with Gasteiger partial charge in [0, 0.05) is 0 Å². The van der Waals surface area contributed by atoms with Gasteiger partial charge in [-0.2, -0.15) is 0 Å². The van der Waals surface area contributed by atoms with E-state index in [4.69, 9.17) is 10.6 Å². The van der Waals surface area contributed by atoms with E-state index < -0.39 is 0 Å². The van der Waals surface area contributed by atoms with Crippen molar-refractivity contribution in [3.05, 3.63) is 23.5 Å². The molecule has 0 radical (unpaired) electrons. The lowest BCUT2D eigenvalue weighted by molar-refractivity contribution is 0.345. The van der Waals surface area contributed by atoms with Crippen LogP contribution in [0.2, 0.25) is 0 Å². The SMILES string of the molecule is C=CCOc1ncnc(NN)c1Br. The quantitative estimate of drug-likeness (QED) is 0.472. The maximum Gasteiger partial charge on any atom is 0.233 e. The van der Waals surface area contributed by atoms with Gasteiger partial charge in [0.1, 0.15) is 17.4 Å². The summed E-state index contributed by atoms with van der Waals surface area (Å²) in [6.07, 6.45) is 2.99. The topological polar surface area (TPSA) is 73.1 Å². The number of nitrogens with two attached hydrogens (primary N) is 1. The van der Waals surface area contributed by atoms with Crippen molar-refractivity contribution in [2.45, 2.75) is 0 Å². The van der Waals surface area contributed by atoms with Crippen LogP contribution >= 0.6 is 15.9 Å². The minimum absolute atomic E-state index is 0.389. The van der Waals surface area contributed by atoms with Crippen LogP contribution in [0.4, 0.5) is 5.82 Å². The van der Waals surface area contributed by atoms with E-state index in [1.54, 1.807) is 6.08 Å². The first-order chi connectivity index (χ1) is 6.29. The summed E-state index contributed by atoms with van der Waals surface area (Å²) in [5.41, 5.74) is 2.41. The standard InChI is InChI=1S/C7H9BrN4O/c1-2-3-13-7-5(8)6(12-9)10-4-11-7/h2,4H,1,3,9H2,(H,10,11,12). The van der Waals surface area contributed by atoms with Crippen LogP contribution in [0.5, 0.6) is 5.88 Å². The van der Waals surface area contributed by atoms with Crippen LogP contribution < -0.4 is 16.0 Å². The van der Waals surface area contributed by atoms with Crippen LogP contribution in [-0.2, 0) is 0 Å². The summed E-state index contributed by atoms with van der Waals surface area (Å²) in [7, 11) is 0. The maximum absolute atomic E-state index is 5.22. The Morgan fingerprint density at radius 1 is 1.69 bits per heavy atom. The minimum atomic E-state index is 0.389. The summed E-state index contributed by atoms with van der Waals surface area (Å²) in [6.45, 7) is 3.91. The van der Waals surface area contributed by atoms with E-state index in [9.17, 15) is 0 Å². The average molecular weight is 245 g/mol. The minimum Gasteiger partial charge on any atom is -0.473 e. The third-order valence-electron chi connectivity index (χ3n) is 1.23. The Labute approximate surface area is 84.1 Å². The number of hydrazine groups is 1. The number of hydrogen-bond acceptors (Lipinski definition) is 5. The summed E-state index contributed by atoms with van der Waals surface area (Å²) in [5.74, 6) is 6.12. The molecule has 0 spiro atoms. The number of hydrogen-bond donors (Lipinski definition) is 2. The molecule has 70 valence electrons. The molecule has 0 amide bonds. The van der Waals surface area contributed by atoms with Crippen molar-refractivity contribution in [1.29, 1.82) is 0 Å². The third kappa shape index (κ3) is 2.40. The number of aromatic nitrogens is 2. The lowest BCUT2D eigenvalue weighted by Crippen LogP contribution is -2.10. The van der Waals surface area contributed by atoms with Gasteiger partial charge >= 0.3 is 0 Å². The van der Waals surface area contributed by atoms with Crippen LogP contribution in [0.25, 0.3) is 0 Å². The predicted octanol–water partition coefficient (Wildman–Crippen LogP) is 1.09. The third-order valence-corrected chi connectivity index (χ3v) is 1.95. The van der Waals surface area contributed by atoms with Gasteiger partial charge in [-0.25, -0.2) is 15.8 Å². The molecule has 1 aromatic rings. The molecule has 5 nitrogen and oxygen atoms in total. The fourth-order valence-corrected chi connectivity index (χ4v) is 1.13. The molecule has 1 aromatic heterocycles. The molecule has 1 heterocycles. The largest absolute Gasteiger partial charge is 0.473 e. The summed E-state index contributed by atoms with van der Waals surface area (Å²) >= 11 is 3.24. The molecule has 0 atom stereocenters. The smallest absolute Gasteiger partial charge is 0.233 e. The lowest BCUT2D eigenvalue weighted by Gasteiger charge is -2.06. The fraction of sp³-hybridized carbons (Fsp3) is 0.143. The number of halogens is 1. The van der Waals surface area contributed by atoms with Crippen LogP contribution in [0.15, 0.2) is 23.5 Å². The van der Waals surface area contributed by atoms with Gasteiger partial charge in [-0.3, -0.25) is 0 Å². The van der Waals surface area contributed by atoms with Crippen molar-refractivity contribution in [2.24, 2.45) is 5.84 Å². The van der Waals surface area contributed by atoms with Crippen molar-refractivity contribution < 1.29 is 4.74 Å². The monoisotopic (exact) mass is 244 g/mol. The lowest BCUT2D eigenvalue weighted by atomic mass is 10.5. The summed E-state index contributed by atoms with van der Waals surface area (Å²) in [6, 6.07) is 0. The second kappa shape index (κ2) is 4.78. The van der Waals surface area contributed by atoms with E-state index in [0.717, 1.165) is 0 Å².